The van der Waals surface area contributed by atoms with Gasteiger partial charge in [-0.25, -0.2) is 19.3 Å². The molecule has 0 radical (unpaired) electrons. The van der Waals surface area contributed by atoms with E-state index in [9.17, 15) is 4.39 Å². The molecule has 6 heteroatoms. The smallest absolute Gasteiger partial charge is 0.213 e. The van der Waals surface area contributed by atoms with Crippen LogP contribution in [0.2, 0.25) is 0 Å². The van der Waals surface area contributed by atoms with Crippen LogP contribution in [0.4, 0.5) is 10.2 Å². The van der Waals surface area contributed by atoms with Crippen molar-refractivity contribution in [2.45, 2.75) is 32.2 Å². The Morgan fingerprint density at radius 3 is 2.84 bits per heavy atom. The van der Waals surface area contributed by atoms with Gasteiger partial charge in [0.15, 0.2) is 0 Å². The van der Waals surface area contributed by atoms with Crippen molar-refractivity contribution in [3.8, 4) is 5.88 Å². The summed E-state index contributed by atoms with van der Waals surface area (Å²) < 4.78 is 19.1. The molecule has 1 aliphatic rings. The second kappa shape index (κ2) is 6.27. The molecule has 0 atom stereocenters. The predicted octanol–water partition coefficient (Wildman–Crippen LogP) is 3.97. The van der Waals surface area contributed by atoms with Gasteiger partial charge in [-0.15, -0.1) is 0 Å². The van der Waals surface area contributed by atoms with Crippen LogP contribution in [0, 0.1) is 12.7 Å². The number of hydrogen-bond donors (Lipinski definition) is 1. The maximum Gasteiger partial charge on any atom is 0.213 e. The fraction of sp³-hybridized carbons (Fsp3) is 0.316. The number of ether oxygens (including phenoxy) is 1. The van der Waals surface area contributed by atoms with E-state index >= 15 is 0 Å². The Bertz CT molecular complexity index is 940. The number of rotatable bonds is 5. The molecule has 5 nitrogen and oxygen atoms in total. The van der Waals surface area contributed by atoms with Crippen LogP contribution in [0.3, 0.4) is 0 Å². The number of halogens is 1. The van der Waals surface area contributed by atoms with Crippen LogP contribution in [0.5, 0.6) is 5.88 Å². The van der Waals surface area contributed by atoms with Gasteiger partial charge in [-0.3, -0.25) is 0 Å². The Labute approximate surface area is 145 Å². The van der Waals surface area contributed by atoms with Gasteiger partial charge in [0.25, 0.3) is 0 Å². The second-order valence-electron chi connectivity index (χ2n) is 6.35. The van der Waals surface area contributed by atoms with Gasteiger partial charge < -0.3 is 10.1 Å². The van der Waals surface area contributed by atoms with E-state index in [4.69, 9.17) is 4.74 Å². The summed E-state index contributed by atoms with van der Waals surface area (Å²) >= 11 is 0. The Balaban J connectivity index is 1.63. The molecule has 1 N–H and O–H groups in total. The highest BCUT2D eigenvalue weighted by atomic mass is 19.1. The zero-order valence-corrected chi connectivity index (χ0v) is 14.2. The molecule has 0 aliphatic heterocycles. The van der Waals surface area contributed by atoms with E-state index in [-0.39, 0.29) is 5.82 Å². The van der Waals surface area contributed by atoms with Crippen molar-refractivity contribution >= 4 is 16.7 Å². The summed E-state index contributed by atoms with van der Waals surface area (Å²) in [5, 5.41) is 4.19. The third kappa shape index (κ3) is 3.24. The Hall–Kier alpha value is -2.76. The number of nitrogens with one attached hydrogen (secondary N) is 1. The van der Waals surface area contributed by atoms with Gasteiger partial charge in [0.1, 0.15) is 17.5 Å². The van der Waals surface area contributed by atoms with Gasteiger partial charge in [-0.2, -0.15) is 0 Å². The predicted molar refractivity (Wildman–Crippen MR) is 94.3 cm³/mol. The fourth-order valence-corrected chi connectivity index (χ4v) is 2.97. The van der Waals surface area contributed by atoms with Crippen molar-refractivity contribution in [3.05, 3.63) is 53.2 Å². The molecule has 1 aliphatic carbocycles. The van der Waals surface area contributed by atoms with Crippen LogP contribution in [0.1, 0.15) is 35.7 Å². The van der Waals surface area contributed by atoms with E-state index in [1.807, 2.05) is 25.1 Å². The van der Waals surface area contributed by atoms with Crippen molar-refractivity contribution in [1.29, 1.82) is 0 Å². The number of nitrogens with zero attached hydrogens (tertiary/aromatic N) is 3. The average molecular weight is 338 g/mol. The molecule has 0 saturated heterocycles. The molecule has 1 saturated carbocycles. The van der Waals surface area contributed by atoms with E-state index in [0.29, 0.717) is 24.2 Å². The van der Waals surface area contributed by atoms with Gasteiger partial charge in [0.2, 0.25) is 5.88 Å². The monoisotopic (exact) mass is 338 g/mol. The van der Waals surface area contributed by atoms with E-state index < -0.39 is 0 Å². The minimum Gasteiger partial charge on any atom is -0.481 e. The third-order valence-electron chi connectivity index (χ3n) is 4.42. The quantitative estimate of drug-likeness (QED) is 0.763. The summed E-state index contributed by atoms with van der Waals surface area (Å²) in [6.07, 6.45) is 3.84. The van der Waals surface area contributed by atoms with E-state index in [1.165, 1.54) is 0 Å². The average Bonchev–Trinajstić information content (AvgIpc) is 3.45. The highest BCUT2D eigenvalue weighted by Gasteiger charge is 2.26. The molecule has 2 heterocycles. The summed E-state index contributed by atoms with van der Waals surface area (Å²) in [7, 11) is 1.58. The van der Waals surface area contributed by atoms with Gasteiger partial charge in [-0.05, 0) is 42.9 Å². The highest BCUT2D eigenvalue weighted by molar-refractivity contribution is 5.89. The summed E-state index contributed by atoms with van der Waals surface area (Å²) in [5.41, 5.74) is 2.62. The number of pyridine rings is 1. The van der Waals surface area contributed by atoms with Crippen LogP contribution >= 0.6 is 0 Å². The van der Waals surface area contributed by atoms with Crippen LogP contribution in [0.15, 0.2) is 30.5 Å². The summed E-state index contributed by atoms with van der Waals surface area (Å²) in [6.45, 7) is 2.41. The lowest BCUT2D eigenvalue weighted by atomic mass is 10.1. The molecule has 0 spiro atoms. The van der Waals surface area contributed by atoms with Crippen LogP contribution in [-0.2, 0) is 6.54 Å². The number of benzene rings is 1. The van der Waals surface area contributed by atoms with Crippen molar-refractivity contribution in [3.63, 3.8) is 0 Å². The molecule has 0 unspecified atom stereocenters. The molecule has 4 rings (SSSR count). The minimum atomic E-state index is -0.106. The van der Waals surface area contributed by atoms with Crippen molar-refractivity contribution < 1.29 is 9.13 Å². The zero-order valence-electron chi connectivity index (χ0n) is 14.2. The maximum absolute atomic E-state index is 13.9. The topological polar surface area (TPSA) is 59.9 Å². The molecule has 2 aromatic heterocycles. The molecule has 3 aromatic rings. The molecule has 1 aromatic carbocycles. The highest BCUT2D eigenvalue weighted by Crippen LogP contribution is 2.41. The summed E-state index contributed by atoms with van der Waals surface area (Å²) in [5.74, 6) is 2.18. The minimum absolute atomic E-state index is 0.106. The Kier molecular flexibility index (Phi) is 3.95. The lowest BCUT2D eigenvalue weighted by molar-refractivity contribution is 0.398. The van der Waals surface area contributed by atoms with Crippen LogP contribution in [0.25, 0.3) is 10.9 Å². The first-order chi connectivity index (χ1) is 12.1. The molecule has 0 amide bonds. The molecule has 1 fully saturated rings. The molecule has 25 heavy (non-hydrogen) atoms. The number of anilines is 1. The first-order valence-corrected chi connectivity index (χ1v) is 8.34. The third-order valence-corrected chi connectivity index (χ3v) is 4.42. The Morgan fingerprint density at radius 1 is 1.24 bits per heavy atom. The molecule has 0 bridgehead atoms. The number of fused-ring (bicyclic) bond motifs is 1. The van der Waals surface area contributed by atoms with Crippen molar-refractivity contribution in [2.24, 2.45) is 0 Å². The fourth-order valence-electron chi connectivity index (χ4n) is 2.97. The number of hydrogen-bond acceptors (Lipinski definition) is 5. The normalized spacial score (nSPS) is 13.9. The number of aryl methyl sites for hydroxylation is 1. The van der Waals surface area contributed by atoms with E-state index in [0.717, 1.165) is 40.7 Å². The molecular weight excluding hydrogens is 319 g/mol. The van der Waals surface area contributed by atoms with E-state index in [2.05, 4.69) is 20.3 Å². The van der Waals surface area contributed by atoms with E-state index in [1.54, 1.807) is 19.4 Å². The van der Waals surface area contributed by atoms with Crippen LogP contribution < -0.4 is 10.1 Å². The van der Waals surface area contributed by atoms with Gasteiger partial charge in [0, 0.05) is 18.0 Å². The lowest BCUT2D eigenvalue weighted by Crippen LogP contribution is -2.05. The number of methoxy groups -OCH3 is 1. The summed E-state index contributed by atoms with van der Waals surface area (Å²) in [6, 6.07) is 7.14. The maximum atomic E-state index is 13.9. The first-order valence-electron chi connectivity index (χ1n) is 8.34. The zero-order chi connectivity index (χ0) is 17.4. The van der Waals surface area contributed by atoms with Gasteiger partial charge >= 0.3 is 0 Å². The molecule has 128 valence electrons. The largest absolute Gasteiger partial charge is 0.481 e. The second-order valence-corrected chi connectivity index (χ2v) is 6.35. The van der Waals surface area contributed by atoms with Crippen LogP contribution in [-0.4, -0.2) is 22.1 Å². The first kappa shape index (κ1) is 15.7. The SMILES string of the molecule is COc1cc2c(NCc3ccc(F)c(C4CC4)c3)nc(C)nc2cn1. The Morgan fingerprint density at radius 2 is 2.08 bits per heavy atom. The summed E-state index contributed by atoms with van der Waals surface area (Å²) in [4.78, 5) is 13.1. The standard InChI is InChI=1S/C19H19FN4O/c1-11-23-17-10-21-18(25-2)8-15(17)19(24-11)22-9-12-3-6-16(20)14(7-12)13-4-5-13/h3,6-8,10,13H,4-5,9H2,1-2H3,(H,22,23,24). The molecular formula is C19H19FN4O. The number of aromatic nitrogens is 3. The lowest BCUT2D eigenvalue weighted by Gasteiger charge is -2.11. The van der Waals surface area contributed by atoms with Crippen molar-refractivity contribution in [1.82, 2.24) is 15.0 Å². The van der Waals surface area contributed by atoms with Gasteiger partial charge in [0.05, 0.1) is 18.8 Å². The van der Waals surface area contributed by atoms with Gasteiger partial charge in [-0.1, -0.05) is 12.1 Å². The van der Waals surface area contributed by atoms with Crippen molar-refractivity contribution in [2.75, 3.05) is 12.4 Å².